The second kappa shape index (κ2) is 9.69. The molecule has 9 heteroatoms. The number of hydrogen-bond acceptors (Lipinski definition) is 6. The van der Waals surface area contributed by atoms with E-state index in [1.54, 1.807) is 24.0 Å². The number of aromatic nitrogens is 2. The fraction of sp³-hybridized carbons (Fsp3) is 0.381. The molecule has 2 amide bonds. The third-order valence-electron chi connectivity index (χ3n) is 4.90. The predicted molar refractivity (Wildman–Crippen MR) is 107 cm³/mol. The first-order valence-electron chi connectivity index (χ1n) is 9.81. The number of nitrogens with one attached hydrogen (secondary N) is 1. The highest BCUT2D eigenvalue weighted by molar-refractivity contribution is 5.93. The number of carbonyl (C=O) groups is 3. The van der Waals surface area contributed by atoms with Crippen molar-refractivity contribution in [1.82, 2.24) is 14.7 Å². The molecule has 0 radical (unpaired) electrons. The largest absolute Gasteiger partial charge is 0.455 e. The van der Waals surface area contributed by atoms with Gasteiger partial charge in [-0.15, -0.1) is 0 Å². The van der Waals surface area contributed by atoms with Crippen molar-refractivity contribution in [3.63, 3.8) is 0 Å². The van der Waals surface area contributed by atoms with E-state index >= 15 is 0 Å². The first kappa shape index (κ1) is 21.0. The maximum Gasteiger partial charge on any atom is 0.311 e. The zero-order chi connectivity index (χ0) is 21.5. The van der Waals surface area contributed by atoms with E-state index in [1.807, 2.05) is 24.3 Å². The van der Waals surface area contributed by atoms with E-state index in [2.05, 4.69) is 10.4 Å². The van der Waals surface area contributed by atoms with Gasteiger partial charge in [0.05, 0.1) is 17.8 Å². The molecule has 0 aliphatic carbocycles. The Bertz CT molecular complexity index is 964. The number of piperidine rings is 1. The minimum Gasteiger partial charge on any atom is -0.455 e. The number of amides is 2. The zero-order valence-electron chi connectivity index (χ0n) is 16.7. The summed E-state index contributed by atoms with van der Waals surface area (Å²) in [5, 5.41) is 16.0. The number of rotatable bonds is 6. The standard InChI is InChI=1S/C21H23N5O4/c1-2-19(28)25-10-6-7-15(13-25)21(29)30-14-18(27)24-20-16(11-22)12-23-26(20)17-8-4-3-5-9-17/h3-5,8-9,12,15H,2,6-7,10,13-14H2,1H3,(H,24,27). The second-order valence-corrected chi connectivity index (χ2v) is 6.95. The number of anilines is 1. The summed E-state index contributed by atoms with van der Waals surface area (Å²) in [7, 11) is 0. The summed E-state index contributed by atoms with van der Waals surface area (Å²) < 4.78 is 6.61. The van der Waals surface area contributed by atoms with E-state index in [0.29, 0.717) is 31.6 Å². The summed E-state index contributed by atoms with van der Waals surface area (Å²) in [5.41, 5.74) is 0.869. The van der Waals surface area contributed by atoms with Crippen LogP contribution in [0.4, 0.5) is 5.82 Å². The molecule has 1 fully saturated rings. The first-order valence-corrected chi connectivity index (χ1v) is 9.81. The van der Waals surface area contributed by atoms with Crippen LogP contribution < -0.4 is 5.32 Å². The number of ether oxygens (including phenoxy) is 1. The van der Waals surface area contributed by atoms with Crippen molar-refractivity contribution in [2.45, 2.75) is 26.2 Å². The molecule has 1 atom stereocenters. The average Bonchev–Trinajstić information content (AvgIpc) is 3.19. The maximum absolute atomic E-state index is 12.4. The van der Waals surface area contributed by atoms with Gasteiger partial charge in [0.15, 0.2) is 12.4 Å². The summed E-state index contributed by atoms with van der Waals surface area (Å²) in [4.78, 5) is 38.3. The third kappa shape index (κ3) is 4.84. The van der Waals surface area contributed by atoms with Crippen LogP contribution in [-0.4, -0.2) is 52.2 Å². The summed E-state index contributed by atoms with van der Waals surface area (Å²) in [6.07, 6.45) is 3.09. The minimum absolute atomic E-state index is 0.00319. The van der Waals surface area contributed by atoms with Crippen LogP contribution in [0.3, 0.4) is 0 Å². The van der Waals surface area contributed by atoms with Crippen molar-refractivity contribution in [3.05, 3.63) is 42.1 Å². The molecule has 3 rings (SSSR count). The van der Waals surface area contributed by atoms with Gasteiger partial charge < -0.3 is 15.0 Å². The van der Waals surface area contributed by atoms with Crippen LogP contribution >= 0.6 is 0 Å². The molecule has 1 aromatic carbocycles. The van der Waals surface area contributed by atoms with Crippen LogP contribution in [0.1, 0.15) is 31.7 Å². The number of esters is 1. The molecule has 2 heterocycles. The molecule has 1 saturated heterocycles. The number of carbonyl (C=O) groups excluding carboxylic acids is 3. The molecule has 30 heavy (non-hydrogen) atoms. The highest BCUT2D eigenvalue weighted by Gasteiger charge is 2.29. The quantitative estimate of drug-likeness (QED) is 0.728. The van der Waals surface area contributed by atoms with E-state index in [1.165, 1.54) is 10.9 Å². The smallest absolute Gasteiger partial charge is 0.311 e. The predicted octanol–water partition coefficient (Wildman–Crippen LogP) is 1.87. The first-order chi connectivity index (χ1) is 14.5. The van der Waals surface area contributed by atoms with E-state index in [-0.39, 0.29) is 17.3 Å². The number of likely N-dealkylation sites (tertiary alicyclic amines) is 1. The van der Waals surface area contributed by atoms with Crippen LogP contribution in [-0.2, 0) is 19.1 Å². The van der Waals surface area contributed by atoms with Gasteiger partial charge in [-0.2, -0.15) is 10.4 Å². The Hall–Kier alpha value is -3.67. The lowest BCUT2D eigenvalue weighted by molar-refractivity contribution is -0.154. The van der Waals surface area contributed by atoms with E-state index in [4.69, 9.17) is 4.74 Å². The molecule has 0 bridgehead atoms. The fourth-order valence-corrected chi connectivity index (χ4v) is 3.36. The van der Waals surface area contributed by atoms with Crippen LogP contribution in [0.15, 0.2) is 36.5 Å². The van der Waals surface area contributed by atoms with Crippen molar-refractivity contribution >= 4 is 23.6 Å². The van der Waals surface area contributed by atoms with Crippen molar-refractivity contribution in [2.75, 3.05) is 25.0 Å². The molecule has 1 aliphatic rings. The summed E-state index contributed by atoms with van der Waals surface area (Å²) >= 11 is 0. The highest BCUT2D eigenvalue weighted by Crippen LogP contribution is 2.20. The lowest BCUT2D eigenvalue weighted by atomic mass is 9.98. The molecule has 1 N–H and O–H groups in total. The van der Waals surface area contributed by atoms with Gasteiger partial charge in [-0.25, -0.2) is 4.68 Å². The van der Waals surface area contributed by atoms with E-state index in [0.717, 1.165) is 6.42 Å². The van der Waals surface area contributed by atoms with Gasteiger partial charge in [-0.1, -0.05) is 25.1 Å². The number of nitrogens with zero attached hydrogens (tertiary/aromatic N) is 4. The van der Waals surface area contributed by atoms with E-state index < -0.39 is 24.4 Å². The van der Waals surface area contributed by atoms with Crippen LogP contribution in [0.25, 0.3) is 5.69 Å². The second-order valence-electron chi connectivity index (χ2n) is 6.95. The van der Waals surface area contributed by atoms with Crippen LogP contribution in [0, 0.1) is 17.2 Å². The molecule has 9 nitrogen and oxygen atoms in total. The fourth-order valence-electron chi connectivity index (χ4n) is 3.36. The molecule has 1 aliphatic heterocycles. The molecule has 2 aromatic rings. The molecular formula is C21H23N5O4. The van der Waals surface area contributed by atoms with E-state index in [9.17, 15) is 19.6 Å². The Labute approximate surface area is 174 Å². The van der Waals surface area contributed by atoms with Gasteiger partial charge >= 0.3 is 5.97 Å². The lowest BCUT2D eigenvalue weighted by Gasteiger charge is -2.31. The molecular weight excluding hydrogens is 386 g/mol. The summed E-state index contributed by atoms with van der Waals surface area (Å²) in [6.45, 7) is 2.25. The maximum atomic E-state index is 12.4. The van der Waals surface area contributed by atoms with Crippen molar-refractivity contribution in [1.29, 1.82) is 5.26 Å². The lowest BCUT2D eigenvalue weighted by Crippen LogP contribution is -2.42. The number of nitriles is 1. The monoisotopic (exact) mass is 409 g/mol. The van der Waals surface area contributed by atoms with Crippen LogP contribution in [0.2, 0.25) is 0 Å². The average molecular weight is 409 g/mol. The van der Waals surface area contributed by atoms with Gasteiger partial charge in [0, 0.05) is 19.5 Å². The molecule has 156 valence electrons. The Morgan fingerprint density at radius 3 is 2.77 bits per heavy atom. The van der Waals surface area contributed by atoms with Gasteiger partial charge in [-0.05, 0) is 25.0 Å². The minimum atomic E-state index is -0.574. The highest BCUT2D eigenvalue weighted by atomic mass is 16.5. The number of para-hydroxylation sites is 1. The third-order valence-corrected chi connectivity index (χ3v) is 4.90. The summed E-state index contributed by atoms with van der Waals surface area (Å²) in [5.74, 6) is -1.30. The Kier molecular flexibility index (Phi) is 6.80. The van der Waals surface area contributed by atoms with Gasteiger partial charge in [0.2, 0.25) is 5.91 Å². The summed E-state index contributed by atoms with van der Waals surface area (Å²) in [6, 6.07) is 11.0. The zero-order valence-corrected chi connectivity index (χ0v) is 16.7. The van der Waals surface area contributed by atoms with Crippen molar-refractivity contribution in [2.24, 2.45) is 5.92 Å². The molecule has 1 aromatic heterocycles. The van der Waals surface area contributed by atoms with Gasteiger partial charge in [-0.3, -0.25) is 14.4 Å². The normalized spacial score (nSPS) is 15.9. The molecule has 1 unspecified atom stereocenters. The Morgan fingerprint density at radius 2 is 2.07 bits per heavy atom. The Morgan fingerprint density at radius 1 is 1.30 bits per heavy atom. The van der Waals surface area contributed by atoms with Gasteiger partial charge in [0.25, 0.3) is 5.91 Å². The number of hydrogen-bond donors (Lipinski definition) is 1. The Balaban J connectivity index is 1.60. The van der Waals surface area contributed by atoms with Crippen molar-refractivity contribution in [3.8, 4) is 11.8 Å². The SMILES string of the molecule is CCC(=O)N1CCCC(C(=O)OCC(=O)Nc2c(C#N)cnn2-c2ccccc2)C1. The van der Waals surface area contributed by atoms with Crippen molar-refractivity contribution < 1.29 is 19.1 Å². The van der Waals surface area contributed by atoms with Gasteiger partial charge in [0.1, 0.15) is 11.6 Å². The number of benzene rings is 1. The molecule has 0 spiro atoms. The topological polar surface area (TPSA) is 117 Å². The molecule has 0 saturated carbocycles. The van der Waals surface area contributed by atoms with Crippen LogP contribution in [0.5, 0.6) is 0 Å².